The average Bonchev–Trinajstić information content (AvgIpc) is 3.11. The van der Waals surface area contributed by atoms with Crippen molar-refractivity contribution in [2.24, 2.45) is 5.14 Å². The molecule has 0 bridgehead atoms. The molecule has 1 aliphatic rings. The second-order valence-electron chi connectivity index (χ2n) is 7.77. The van der Waals surface area contributed by atoms with Crippen LogP contribution in [0.25, 0.3) is 17.2 Å². The van der Waals surface area contributed by atoms with Crippen molar-refractivity contribution in [1.82, 2.24) is 4.90 Å². The Hall–Kier alpha value is -3.31. The summed E-state index contributed by atoms with van der Waals surface area (Å²) in [6, 6.07) is 22.4. The van der Waals surface area contributed by atoms with Gasteiger partial charge in [0.05, 0.1) is 9.80 Å². The van der Waals surface area contributed by atoms with Crippen molar-refractivity contribution in [3.05, 3.63) is 89.3 Å². The average molecular weight is 524 g/mol. The van der Waals surface area contributed by atoms with Gasteiger partial charge in [-0.2, -0.15) is 0 Å². The zero-order valence-corrected chi connectivity index (χ0v) is 21.0. The second-order valence-corrected chi connectivity index (χ2v) is 11.0. The summed E-state index contributed by atoms with van der Waals surface area (Å²) in [6.45, 7) is 1.58. The van der Waals surface area contributed by atoms with E-state index in [0.717, 1.165) is 28.5 Å². The molecule has 0 aliphatic carbocycles. The van der Waals surface area contributed by atoms with E-state index in [4.69, 9.17) is 17.4 Å². The molecule has 178 valence electrons. The van der Waals surface area contributed by atoms with E-state index in [0.29, 0.717) is 10.6 Å². The molecule has 2 amide bonds. The molecule has 7 nitrogen and oxygen atoms in total. The van der Waals surface area contributed by atoms with E-state index in [1.54, 1.807) is 13.0 Å². The Kier molecular flexibility index (Phi) is 7.18. The molecule has 1 unspecified atom stereocenters. The number of nitrogens with two attached hydrogens (primary N) is 1. The molecule has 0 spiro atoms. The second kappa shape index (κ2) is 10.1. The normalized spacial score (nSPS) is 15.9. The molecule has 1 saturated heterocycles. The number of nitrogens with one attached hydrogen (secondary N) is 1. The van der Waals surface area contributed by atoms with E-state index in [1.165, 1.54) is 29.2 Å². The van der Waals surface area contributed by atoms with Gasteiger partial charge in [0.2, 0.25) is 15.9 Å². The van der Waals surface area contributed by atoms with Crippen LogP contribution in [0.1, 0.15) is 12.5 Å². The predicted molar refractivity (Wildman–Crippen MR) is 143 cm³/mol. The summed E-state index contributed by atoms with van der Waals surface area (Å²) < 4.78 is 23.1. The van der Waals surface area contributed by atoms with E-state index in [2.05, 4.69) is 5.32 Å². The van der Waals surface area contributed by atoms with Crippen LogP contribution in [0.15, 0.2) is 88.7 Å². The number of hydrogen-bond donors (Lipinski definition) is 2. The van der Waals surface area contributed by atoms with Gasteiger partial charge in [0.1, 0.15) is 10.4 Å². The topological polar surface area (TPSA) is 110 Å². The highest BCUT2D eigenvalue weighted by Gasteiger charge is 2.38. The third-order valence-corrected chi connectivity index (χ3v) is 7.62. The Labute approximate surface area is 213 Å². The lowest BCUT2D eigenvalue weighted by Crippen LogP contribution is -2.44. The van der Waals surface area contributed by atoms with Crippen LogP contribution >= 0.6 is 24.0 Å². The summed E-state index contributed by atoms with van der Waals surface area (Å²) in [5.41, 5.74) is 3.38. The maximum Gasteiger partial charge on any atom is 0.266 e. The fourth-order valence-electron chi connectivity index (χ4n) is 3.46. The molecule has 1 aliphatic heterocycles. The van der Waals surface area contributed by atoms with E-state index in [9.17, 15) is 18.0 Å². The van der Waals surface area contributed by atoms with E-state index >= 15 is 0 Å². The zero-order chi connectivity index (χ0) is 25.2. The first-order valence-electron chi connectivity index (χ1n) is 10.5. The summed E-state index contributed by atoms with van der Waals surface area (Å²) in [5.74, 6) is -0.808. The molecule has 3 aromatic carbocycles. The molecule has 35 heavy (non-hydrogen) atoms. The standard InChI is InChI=1S/C25H21N3O4S3/c1-16(23(29)27-20-11-13-21(14-12-20)35(26,31)32)28-24(30)22(34-25(28)33)15-17-7-9-19(10-8-17)18-5-3-2-4-6-18/h2-16H,1H3,(H,27,29)(H2,26,31,32)/b22-15-. The fraction of sp³-hybridized carbons (Fsp3) is 0.0800. The van der Waals surface area contributed by atoms with Gasteiger partial charge >= 0.3 is 0 Å². The number of primary sulfonamides is 1. The Morgan fingerprint density at radius 1 is 1.00 bits per heavy atom. The Morgan fingerprint density at radius 2 is 1.60 bits per heavy atom. The van der Waals surface area contributed by atoms with Gasteiger partial charge in [0.25, 0.3) is 5.91 Å². The largest absolute Gasteiger partial charge is 0.324 e. The van der Waals surface area contributed by atoms with Gasteiger partial charge in [-0.15, -0.1) is 0 Å². The minimum atomic E-state index is -3.83. The summed E-state index contributed by atoms with van der Waals surface area (Å²) in [5, 5.41) is 7.76. The monoisotopic (exact) mass is 523 g/mol. The first-order chi connectivity index (χ1) is 16.6. The zero-order valence-electron chi connectivity index (χ0n) is 18.5. The van der Waals surface area contributed by atoms with Crippen LogP contribution in [0.5, 0.6) is 0 Å². The number of thioether (sulfide) groups is 1. The molecule has 1 atom stereocenters. The minimum Gasteiger partial charge on any atom is -0.324 e. The Morgan fingerprint density at radius 3 is 2.20 bits per heavy atom. The van der Waals surface area contributed by atoms with E-state index in [-0.39, 0.29) is 15.1 Å². The van der Waals surface area contributed by atoms with E-state index < -0.39 is 22.0 Å². The first kappa shape index (κ1) is 24.8. The van der Waals surface area contributed by atoms with Crippen molar-refractivity contribution < 1.29 is 18.0 Å². The maximum absolute atomic E-state index is 13.1. The van der Waals surface area contributed by atoms with Gasteiger partial charge in [-0.05, 0) is 54.0 Å². The van der Waals surface area contributed by atoms with Crippen LogP contribution in [0.4, 0.5) is 5.69 Å². The molecule has 3 aromatic rings. The molecule has 1 fully saturated rings. The third-order valence-electron chi connectivity index (χ3n) is 5.36. The van der Waals surface area contributed by atoms with Crippen molar-refractivity contribution in [3.8, 4) is 11.1 Å². The minimum absolute atomic E-state index is 0.0672. The molecular formula is C25H21N3O4S3. The van der Waals surface area contributed by atoms with Crippen LogP contribution in [0.3, 0.4) is 0 Å². The molecule has 10 heteroatoms. The lowest BCUT2D eigenvalue weighted by atomic mass is 10.0. The third kappa shape index (κ3) is 5.68. The van der Waals surface area contributed by atoms with Gasteiger partial charge in [0.15, 0.2) is 0 Å². The lowest BCUT2D eigenvalue weighted by molar-refractivity contribution is -0.129. The number of amides is 2. The SMILES string of the molecule is CC(C(=O)Nc1ccc(S(N)(=O)=O)cc1)N1C(=O)/C(=C/c2ccc(-c3ccccc3)cc2)SC1=S. The first-order valence-corrected chi connectivity index (χ1v) is 13.3. The van der Waals surface area contributed by atoms with E-state index in [1.807, 2.05) is 54.6 Å². The molecule has 1 heterocycles. The number of hydrogen-bond acceptors (Lipinski definition) is 6. The number of sulfonamides is 1. The predicted octanol–water partition coefficient (Wildman–Crippen LogP) is 4.23. The van der Waals surface area contributed by atoms with Crippen molar-refractivity contribution in [2.45, 2.75) is 17.9 Å². The number of benzene rings is 3. The molecule has 0 radical (unpaired) electrons. The molecular weight excluding hydrogens is 502 g/mol. The Balaban J connectivity index is 1.45. The number of nitrogens with zero attached hydrogens (tertiary/aromatic N) is 1. The highest BCUT2D eigenvalue weighted by atomic mass is 32.2. The maximum atomic E-state index is 13.1. The van der Waals surface area contributed by atoms with Crippen molar-refractivity contribution >= 4 is 61.9 Å². The highest BCUT2D eigenvalue weighted by molar-refractivity contribution is 8.26. The van der Waals surface area contributed by atoms with Crippen molar-refractivity contribution in [3.63, 3.8) is 0 Å². The number of anilines is 1. The molecule has 0 saturated carbocycles. The van der Waals surface area contributed by atoms with Crippen LogP contribution in [0.2, 0.25) is 0 Å². The lowest BCUT2D eigenvalue weighted by Gasteiger charge is -2.22. The number of carbonyl (C=O) groups is 2. The van der Waals surface area contributed by atoms with Gasteiger partial charge in [-0.3, -0.25) is 14.5 Å². The number of thiocarbonyl (C=S) groups is 1. The van der Waals surface area contributed by atoms with Gasteiger partial charge in [0, 0.05) is 5.69 Å². The molecule has 0 aromatic heterocycles. The van der Waals surface area contributed by atoms with Crippen molar-refractivity contribution in [2.75, 3.05) is 5.32 Å². The van der Waals surface area contributed by atoms with Crippen LogP contribution in [-0.4, -0.2) is 35.5 Å². The summed E-state index contributed by atoms with van der Waals surface area (Å²) in [7, 11) is -3.83. The Bertz CT molecular complexity index is 1420. The van der Waals surface area contributed by atoms with Crippen molar-refractivity contribution in [1.29, 1.82) is 0 Å². The van der Waals surface area contributed by atoms with Crippen LogP contribution in [-0.2, 0) is 19.6 Å². The number of rotatable bonds is 6. The molecule has 4 rings (SSSR count). The van der Waals surface area contributed by atoms with Crippen LogP contribution < -0.4 is 10.5 Å². The van der Waals surface area contributed by atoms with Gasteiger partial charge in [-0.25, -0.2) is 13.6 Å². The van der Waals surface area contributed by atoms with Gasteiger partial charge < -0.3 is 5.32 Å². The summed E-state index contributed by atoms with van der Waals surface area (Å²) in [6.07, 6.45) is 1.75. The quantitative estimate of drug-likeness (QED) is 0.370. The number of carbonyl (C=O) groups excluding carboxylic acids is 2. The summed E-state index contributed by atoms with van der Waals surface area (Å²) >= 11 is 6.52. The smallest absolute Gasteiger partial charge is 0.266 e. The highest BCUT2D eigenvalue weighted by Crippen LogP contribution is 2.34. The fourth-order valence-corrected chi connectivity index (χ4v) is 5.39. The van der Waals surface area contributed by atoms with Gasteiger partial charge in [-0.1, -0.05) is 78.6 Å². The van der Waals surface area contributed by atoms with Crippen LogP contribution in [0, 0.1) is 0 Å². The summed E-state index contributed by atoms with van der Waals surface area (Å²) in [4.78, 5) is 27.5. The molecule has 3 N–H and O–H groups in total.